The summed E-state index contributed by atoms with van der Waals surface area (Å²) in [4.78, 5) is 11.2. The second kappa shape index (κ2) is 10.6. The third-order valence-corrected chi connectivity index (χ3v) is 6.00. The number of pyridine rings is 2. The van der Waals surface area contributed by atoms with Gasteiger partial charge in [0, 0.05) is 36.6 Å². The molecule has 6 nitrogen and oxygen atoms in total. The Bertz CT molecular complexity index is 1040. The summed E-state index contributed by atoms with van der Waals surface area (Å²) >= 11 is 0. The quantitative estimate of drug-likeness (QED) is 0.596. The number of aliphatic hydroxyl groups excluding tert-OH is 1. The van der Waals surface area contributed by atoms with Crippen LogP contribution in [0.5, 0.6) is 11.6 Å². The molecule has 1 aliphatic heterocycles. The second-order valence-corrected chi connectivity index (χ2v) is 8.30. The first-order valence-corrected chi connectivity index (χ1v) is 11.2. The van der Waals surface area contributed by atoms with E-state index in [9.17, 15) is 5.11 Å². The number of aryl methyl sites for hydroxylation is 1. The Labute approximate surface area is 189 Å². The molecule has 32 heavy (non-hydrogen) atoms. The van der Waals surface area contributed by atoms with Crippen molar-refractivity contribution in [3.8, 4) is 22.8 Å². The number of nitrogens with zero attached hydrogens (tertiary/aromatic N) is 3. The van der Waals surface area contributed by atoms with Gasteiger partial charge in [-0.05, 0) is 74.2 Å². The third-order valence-electron chi connectivity index (χ3n) is 6.00. The Morgan fingerprint density at radius 1 is 1.06 bits per heavy atom. The molecule has 1 unspecified atom stereocenters. The number of aliphatic hydroxyl groups is 1. The lowest BCUT2D eigenvalue weighted by molar-refractivity contribution is 0.154. The number of hydrogen-bond acceptors (Lipinski definition) is 6. The Morgan fingerprint density at radius 2 is 1.91 bits per heavy atom. The van der Waals surface area contributed by atoms with Crippen molar-refractivity contribution < 1.29 is 14.6 Å². The van der Waals surface area contributed by atoms with Crippen molar-refractivity contribution in [3.63, 3.8) is 0 Å². The maximum Gasteiger partial charge on any atom is 0.221 e. The number of methoxy groups -OCH3 is 1. The van der Waals surface area contributed by atoms with E-state index in [2.05, 4.69) is 27.0 Å². The lowest BCUT2D eigenvalue weighted by Gasteiger charge is -2.22. The predicted octanol–water partition coefficient (Wildman–Crippen LogP) is 4.39. The van der Waals surface area contributed by atoms with Crippen LogP contribution in [0.4, 0.5) is 0 Å². The summed E-state index contributed by atoms with van der Waals surface area (Å²) in [5.74, 6) is 1.46. The molecule has 0 spiro atoms. The highest BCUT2D eigenvalue weighted by Gasteiger charge is 2.18. The van der Waals surface area contributed by atoms with E-state index in [-0.39, 0.29) is 6.10 Å². The van der Waals surface area contributed by atoms with Crippen LogP contribution in [-0.2, 0) is 13.2 Å². The van der Waals surface area contributed by atoms with E-state index in [0.717, 1.165) is 72.6 Å². The van der Waals surface area contributed by atoms with E-state index < -0.39 is 0 Å². The van der Waals surface area contributed by atoms with Gasteiger partial charge in [0.05, 0.1) is 18.9 Å². The molecule has 0 aliphatic carbocycles. The molecule has 1 N–H and O–H groups in total. The molecule has 3 heterocycles. The average Bonchev–Trinajstić information content (AvgIpc) is 3.03. The Kier molecular flexibility index (Phi) is 7.35. The first-order chi connectivity index (χ1) is 15.6. The largest absolute Gasteiger partial charge is 0.487 e. The third kappa shape index (κ3) is 5.44. The monoisotopic (exact) mass is 433 g/mol. The molecule has 0 bridgehead atoms. The van der Waals surface area contributed by atoms with E-state index in [4.69, 9.17) is 9.47 Å². The van der Waals surface area contributed by atoms with Gasteiger partial charge >= 0.3 is 0 Å². The normalized spacial score (nSPS) is 17.0. The van der Waals surface area contributed by atoms with Gasteiger partial charge in [0.15, 0.2) is 0 Å². The predicted molar refractivity (Wildman–Crippen MR) is 125 cm³/mol. The number of rotatable bonds is 7. The topological polar surface area (TPSA) is 67.7 Å². The molecule has 1 aromatic carbocycles. The highest BCUT2D eigenvalue weighted by molar-refractivity contribution is 5.70. The maximum absolute atomic E-state index is 10.0. The molecule has 4 rings (SSSR count). The van der Waals surface area contributed by atoms with E-state index in [1.54, 1.807) is 19.5 Å². The molecule has 0 saturated carbocycles. The van der Waals surface area contributed by atoms with Gasteiger partial charge in [0.2, 0.25) is 5.88 Å². The molecule has 1 fully saturated rings. The number of hydrogen-bond donors (Lipinski definition) is 1. The van der Waals surface area contributed by atoms with Gasteiger partial charge in [-0.3, -0.25) is 9.88 Å². The highest BCUT2D eigenvalue weighted by atomic mass is 16.5. The Hall–Kier alpha value is -2.96. The van der Waals surface area contributed by atoms with Crippen molar-refractivity contribution in [3.05, 3.63) is 71.7 Å². The van der Waals surface area contributed by atoms with Crippen molar-refractivity contribution in [2.75, 3.05) is 20.2 Å². The van der Waals surface area contributed by atoms with Crippen molar-refractivity contribution in [1.29, 1.82) is 0 Å². The SMILES string of the molecule is COc1ncccc1-c1ccc(OCc2ncccc2C)c(CN2CCCC(O)CC2)c1. The fourth-order valence-electron chi connectivity index (χ4n) is 4.14. The van der Waals surface area contributed by atoms with Crippen LogP contribution in [0.2, 0.25) is 0 Å². The fourth-order valence-corrected chi connectivity index (χ4v) is 4.14. The molecule has 1 aliphatic rings. The lowest BCUT2D eigenvalue weighted by Crippen LogP contribution is -2.25. The zero-order valence-electron chi connectivity index (χ0n) is 18.8. The van der Waals surface area contributed by atoms with Crippen molar-refractivity contribution >= 4 is 0 Å². The van der Waals surface area contributed by atoms with E-state index in [1.807, 2.05) is 37.3 Å². The molecule has 168 valence electrons. The van der Waals surface area contributed by atoms with Gasteiger partial charge in [0.25, 0.3) is 0 Å². The van der Waals surface area contributed by atoms with Gasteiger partial charge in [-0.2, -0.15) is 0 Å². The van der Waals surface area contributed by atoms with Crippen molar-refractivity contribution in [2.24, 2.45) is 0 Å². The first kappa shape index (κ1) is 22.2. The van der Waals surface area contributed by atoms with Crippen LogP contribution in [0, 0.1) is 6.92 Å². The number of likely N-dealkylation sites (tertiary alicyclic amines) is 1. The standard InChI is InChI=1S/C26H31N3O3/c1-19-6-3-12-27-24(19)18-32-25-10-9-20(23-8-4-13-28-26(23)31-2)16-21(25)17-29-14-5-7-22(30)11-15-29/h3-4,6,8-10,12-13,16,22,30H,5,7,11,14-15,17-18H2,1-2H3. The van der Waals surface area contributed by atoms with E-state index >= 15 is 0 Å². The Balaban J connectivity index is 1.62. The summed E-state index contributed by atoms with van der Waals surface area (Å²) in [6, 6.07) is 14.2. The smallest absolute Gasteiger partial charge is 0.221 e. The fraction of sp³-hybridized carbons (Fsp3) is 0.385. The zero-order chi connectivity index (χ0) is 22.3. The number of benzene rings is 1. The average molecular weight is 434 g/mol. The van der Waals surface area contributed by atoms with Crippen LogP contribution in [0.15, 0.2) is 54.9 Å². The van der Waals surface area contributed by atoms with Gasteiger partial charge in [-0.15, -0.1) is 0 Å². The summed E-state index contributed by atoms with van der Waals surface area (Å²) in [6.07, 6.45) is 6.01. The summed E-state index contributed by atoms with van der Waals surface area (Å²) < 4.78 is 11.7. The first-order valence-electron chi connectivity index (χ1n) is 11.2. The van der Waals surface area contributed by atoms with Crippen molar-refractivity contribution in [2.45, 2.75) is 45.4 Å². The molecule has 3 aromatic rings. The Morgan fingerprint density at radius 3 is 2.75 bits per heavy atom. The summed E-state index contributed by atoms with van der Waals surface area (Å²) in [5, 5.41) is 10.0. The maximum atomic E-state index is 10.0. The summed E-state index contributed by atoms with van der Waals surface area (Å²) in [7, 11) is 1.64. The summed E-state index contributed by atoms with van der Waals surface area (Å²) in [6.45, 7) is 5.08. The van der Waals surface area contributed by atoms with E-state index in [1.165, 1.54) is 0 Å². The molecule has 1 atom stereocenters. The van der Waals surface area contributed by atoms with Gasteiger partial charge in [0.1, 0.15) is 12.4 Å². The number of ether oxygens (including phenoxy) is 2. The van der Waals surface area contributed by atoms with Crippen LogP contribution in [0.3, 0.4) is 0 Å². The molecule has 0 amide bonds. The van der Waals surface area contributed by atoms with Gasteiger partial charge < -0.3 is 14.6 Å². The molecule has 6 heteroatoms. The van der Waals surface area contributed by atoms with Crippen LogP contribution in [0.25, 0.3) is 11.1 Å². The second-order valence-electron chi connectivity index (χ2n) is 8.30. The highest BCUT2D eigenvalue weighted by Crippen LogP contribution is 2.33. The molecule has 0 radical (unpaired) electrons. The molecule has 2 aromatic heterocycles. The molecular weight excluding hydrogens is 402 g/mol. The molecular formula is C26H31N3O3. The zero-order valence-corrected chi connectivity index (χ0v) is 18.8. The minimum atomic E-state index is -0.200. The summed E-state index contributed by atoms with van der Waals surface area (Å²) in [5.41, 5.74) is 5.16. The minimum Gasteiger partial charge on any atom is -0.487 e. The lowest BCUT2D eigenvalue weighted by atomic mass is 10.0. The van der Waals surface area contributed by atoms with Gasteiger partial charge in [-0.25, -0.2) is 4.98 Å². The number of aromatic nitrogens is 2. The van der Waals surface area contributed by atoms with E-state index in [0.29, 0.717) is 12.5 Å². The van der Waals surface area contributed by atoms with Crippen LogP contribution < -0.4 is 9.47 Å². The van der Waals surface area contributed by atoms with Crippen LogP contribution in [-0.4, -0.2) is 46.3 Å². The van der Waals surface area contributed by atoms with Crippen LogP contribution >= 0.6 is 0 Å². The molecule has 1 saturated heterocycles. The van der Waals surface area contributed by atoms with Crippen LogP contribution in [0.1, 0.15) is 36.1 Å². The van der Waals surface area contributed by atoms with Crippen molar-refractivity contribution in [1.82, 2.24) is 14.9 Å². The van der Waals surface area contributed by atoms with Gasteiger partial charge in [-0.1, -0.05) is 12.1 Å². The minimum absolute atomic E-state index is 0.200.